The van der Waals surface area contributed by atoms with Crippen LogP contribution in [0.4, 0.5) is 0 Å². The van der Waals surface area contributed by atoms with Crippen molar-refractivity contribution in [1.29, 1.82) is 0 Å². The molecule has 3 N–H and O–H groups in total. The van der Waals surface area contributed by atoms with Crippen LogP contribution in [-0.4, -0.2) is 15.2 Å². The average molecular weight is 242 g/mol. The zero-order valence-corrected chi connectivity index (χ0v) is 8.25. The Morgan fingerprint density at radius 1 is 1.23 bits per heavy atom. The number of hydrogen-bond donors (Lipinski definition) is 3. The maximum atomic E-state index is 8.91. The maximum Gasteiger partial charge on any atom is 0.193 e. The predicted molar refractivity (Wildman–Crippen MR) is 53.2 cm³/mol. The van der Waals surface area contributed by atoms with E-state index in [1.165, 1.54) is 0 Å². The summed E-state index contributed by atoms with van der Waals surface area (Å²) in [5, 5.41) is 18.8. The quantitative estimate of drug-likeness (QED) is 0.669. The summed E-state index contributed by atoms with van der Waals surface area (Å²) in [6, 6.07) is 7.42. The number of benzene rings is 1. The van der Waals surface area contributed by atoms with Gasteiger partial charge < -0.3 is 15.2 Å². The van der Waals surface area contributed by atoms with Crippen LogP contribution in [0.25, 0.3) is 10.9 Å². The van der Waals surface area contributed by atoms with Crippen molar-refractivity contribution < 1.29 is 10.2 Å². The maximum absolute atomic E-state index is 8.91. The van der Waals surface area contributed by atoms with Crippen LogP contribution in [0.1, 0.15) is 12.0 Å². The minimum absolute atomic E-state index is 0.410. The summed E-state index contributed by atoms with van der Waals surface area (Å²) >= 11 is 3.33. The second-order valence-electron chi connectivity index (χ2n) is 2.83. The molecule has 0 bridgehead atoms. The van der Waals surface area contributed by atoms with Crippen molar-refractivity contribution in [3.63, 3.8) is 0 Å². The number of aliphatic hydroxyl groups excluding tert-OH is 1. The molecule has 1 aromatic heterocycles. The summed E-state index contributed by atoms with van der Waals surface area (Å²) in [7, 11) is 0. The monoisotopic (exact) mass is 241 g/mol. The van der Waals surface area contributed by atoms with E-state index in [1.54, 1.807) is 6.07 Å². The normalized spacial score (nSPS) is 11.4. The van der Waals surface area contributed by atoms with Gasteiger partial charge >= 0.3 is 0 Å². The van der Waals surface area contributed by atoms with E-state index in [0.717, 1.165) is 15.4 Å². The van der Waals surface area contributed by atoms with E-state index in [2.05, 4.69) is 20.9 Å². The summed E-state index contributed by atoms with van der Waals surface area (Å²) in [5.41, 5.74) is 1.30. The first-order valence-corrected chi connectivity index (χ1v) is 4.60. The summed E-state index contributed by atoms with van der Waals surface area (Å²) in [5.74, 6) is 0. The topological polar surface area (TPSA) is 56.2 Å². The van der Waals surface area contributed by atoms with Crippen LogP contribution < -0.4 is 0 Å². The van der Waals surface area contributed by atoms with Gasteiger partial charge in [0.1, 0.15) is 0 Å². The standard InChI is InChI=1S/C9H8BrNO2/c10-6-2-1-5-3-8(9(12)13)11-7(5)4-6/h1-4,9,11-13H. The van der Waals surface area contributed by atoms with E-state index < -0.39 is 6.29 Å². The van der Waals surface area contributed by atoms with Crippen molar-refractivity contribution in [3.8, 4) is 0 Å². The molecule has 0 radical (unpaired) electrons. The van der Waals surface area contributed by atoms with Crippen molar-refractivity contribution in [2.24, 2.45) is 0 Å². The van der Waals surface area contributed by atoms with Crippen molar-refractivity contribution in [2.45, 2.75) is 6.29 Å². The van der Waals surface area contributed by atoms with Crippen LogP contribution in [0.2, 0.25) is 0 Å². The molecule has 13 heavy (non-hydrogen) atoms. The molecule has 2 rings (SSSR count). The molecule has 0 atom stereocenters. The lowest BCUT2D eigenvalue weighted by Gasteiger charge is -1.96. The van der Waals surface area contributed by atoms with Crippen LogP contribution in [0, 0.1) is 0 Å². The number of aliphatic hydroxyl groups is 2. The molecule has 3 nitrogen and oxygen atoms in total. The molecule has 0 unspecified atom stereocenters. The highest BCUT2D eigenvalue weighted by Crippen LogP contribution is 2.22. The van der Waals surface area contributed by atoms with Gasteiger partial charge in [-0.25, -0.2) is 0 Å². The first-order valence-electron chi connectivity index (χ1n) is 3.81. The lowest BCUT2D eigenvalue weighted by Crippen LogP contribution is -1.93. The highest BCUT2D eigenvalue weighted by Gasteiger charge is 2.06. The minimum Gasteiger partial charge on any atom is -0.363 e. The first-order chi connectivity index (χ1) is 6.16. The molecular formula is C9H8BrNO2. The third-order valence-electron chi connectivity index (χ3n) is 1.88. The fourth-order valence-electron chi connectivity index (χ4n) is 1.26. The Hall–Kier alpha value is -0.840. The van der Waals surface area contributed by atoms with Crippen LogP contribution in [-0.2, 0) is 0 Å². The zero-order valence-electron chi connectivity index (χ0n) is 6.66. The molecule has 1 heterocycles. The van der Waals surface area contributed by atoms with Crippen LogP contribution in [0.5, 0.6) is 0 Å². The van der Waals surface area contributed by atoms with E-state index in [-0.39, 0.29) is 0 Å². The Bertz CT molecular complexity index is 436. The third-order valence-corrected chi connectivity index (χ3v) is 2.38. The van der Waals surface area contributed by atoms with E-state index in [4.69, 9.17) is 10.2 Å². The van der Waals surface area contributed by atoms with Gasteiger partial charge in [-0.1, -0.05) is 22.0 Å². The number of rotatable bonds is 1. The summed E-state index contributed by atoms with van der Waals surface area (Å²) in [6.07, 6.45) is -1.44. The summed E-state index contributed by atoms with van der Waals surface area (Å²) in [4.78, 5) is 2.91. The van der Waals surface area contributed by atoms with Gasteiger partial charge in [0.05, 0.1) is 5.69 Å². The number of nitrogens with one attached hydrogen (secondary N) is 1. The number of aromatic amines is 1. The zero-order chi connectivity index (χ0) is 9.42. The summed E-state index contributed by atoms with van der Waals surface area (Å²) < 4.78 is 0.959. The largest absolute Gasteiger partial charge is 0.363 e. The van der Waals surface area contributed by atoms with Crippen LogP contribution >= 0.6 is 15.9 Å². The van der Waals surface area contributed by atoms with Crippen molar-refractivity contribution in [1.82, 2.24) is 4.98 Å². The fraction of sp³-hybridized carbons (Fsp3) is 0.111. The molecule has 0 saturated carbocycles. The van der Waals surface area contributed by atoms with Crippen molar-refractivity contribution in [3.05, 3.63) is 34.4 Å². The van der Waals surface area contributed by atoms with E-state index in [9.17, 15) is 0 Å². The molecule has 0 aliphatic rings. The smallest absolute Gasteiger partial charge is 0.193 e. The second kappa shape index (κ2) is 3.14. The van der Waals surface area contributed by atoms with E-state index in [1.807, 2.05) is 18.2 Å². The van der Waals surface area contributed by atoms with Crippen LogP contribution in [0.15, 0.2) is 28.7 Å². The second-order valence-corrected chi connectivity index (χ2v) is 3.75. The molecule has 4 heteroatoms. The highest BCUT2D eigenvalue weighted by molar-refractivity contribution is 9.10. The number of aromatic nitrogens is 1. The molecule has 1 aromatic carbocycles. The molecule has 0 fully saturated rings. The molecule has 0 spiro atoms. The van der Waals surface area contributed by atoms with Crippen molar-refractivity contribution >= 4 is 26.8 Å². The van der Waals surface area contributed by atoms with Gasteiger partial charge in [-0.05, 0) is 23.6 Å². The van der Waals surface area contributed by atoms with Gasteiger partial charge in [-0.2, -0.15) is 0 Å². The lowest BCUT2D eigenvalue weighted by molar-refractivity contribution is -0.0453. The highest BCUT2D eigenvalue weighted by atomic mass is 79.9. The Morgan fingerprint density at radius 2 is 2.00 bits per heavy atom. The van der Waals surface area contributed by atoms with Crippen molar-refractivity contribution in [2.75, 3.05) is 0 Å². The predicted octanol–water partition coefficient (Wildman–Crippen LogP) is 1.91. The molecule has 68 valence electrons. The van der Waals surface area contributed by atoms with Gasteiger partial charge in [0.25, 0.3) is 0 Å². The van der Waals surface area contributed by atoms with Gasteiger partial charge in [-0.3, -0.25) is 0 Å². The Morgan fingerprint density at radius 3 is 2.69 bits per heavy atom. The fourth-order valence-corrected chi connectivity index (χ4v) is 1.62. The molecule has 2 aromatic rings. The van der Waals surface area contributed by atoms with Gasteiger partial charge in [-0.15, -0.1) is 0 Å². The third kappa shape index (κ3) is 1.60. The number of fused-ring (bicyclic) bond motifs is 1. The van der Waals surface area contributed by atoms with Gasteiger partial charge in [0, 0.05) is 9.99 Å². The SMILES string of the molecule is OC(O)c1cc2ccc(Br)cc2[nH]1. The van der Waals surface area contributed by atoms with E-state index >= 15 is 0 Å². The Labute approximate surface area is 83.1 Å². The Kier molecular flexibility index (Phi) is 2.11. The number of hydrogen-bond acceptors (Lipinski definition) is 2. The number of halogens is 1. The minimum atomic E-state index is -1.44. The lowest BCUT2D eigenvalue weighted by atomic mass is 10.2. The molecule has 0 saturated heterocycles. The number of H-pyrrole nitrogens is 1. The molecular weight excluding hydrogens is 234 g/mol. The van der Waals surface area contributed by atoms with Crippen LogP contribution in [0.3, 0.4) is 0 Å². The summed E-state index contributed by atoms with van der Waals surface area (Å²) in [6.45, 7) is 0. The van der Waals surface area contributed by atoms with E-state index in [0.29, 0.717) is 5.69 Å². The molecule has 0 amide bonds. The average Bonchev–Trinajstić information content (AvgIpc) is 2.46. The van der Waals surface area contributed by atoms with Gasteiger partial charge in [0.2, 0.25) is 0 Å². The Balaban J connectivity index is 2.62. The van der Waals surface area contributed by atoms with Gasteiger partial charge in [0.15, 0.2) is 6.29 Å². The molecule has 0 aliphatic heterocycles. The first kappa shape index (κ1) is 8.74. The molecule has 0 aliphatic carbocycles.